The summed E-state index contributed by atoms with van der Waals surface area (Å²) in [7, 11) is 0. The van der Waals surface area contributed by atoms with E-state index in [4.69, 9.17) is 5.11 Å². The molecule has 1 aromatic heterocycles. The van der Waals surface area contributed by atoms with Crippen molar-refractivity contribution in [1.29, 1.82) is 0 Å². The van der Waals surface area contributed by atoms with Crippen molar-refractivity contribution in [1.82, 2.24) is 9.88 Å². The van der Waals surface area contributed by atoms with E-state index in [1.807, 2.05) is 0 Å². The minimum Gasteiger partial charge on any atom is -0.481 e. The average Bonchev–Trinajstić information content (AvgIpc) is 2.46. The maximum atomic E-state index is 12.5. The summed E-state index contributed by atoms with van der Waals surface area (Å²) in [5.41, 5.74) is 0.524. The zero-order valence-corrected chi connectivity index (χ0v) is 11.6. The molecule has 0 aliphatic heterocycles. The molecule has 0 saturated heterocycles. The van der Waals surface area contributed by atoms with Crippen molar-refractivity contribution in [2.75, 3.05) is 13.1 Å². The first-order valence-corrected chi connectivity index (χ1v) is 6.66. The van der Waals surface area contributed by atoms with Crippen LogP contribution in [0.4, 0.5) is 0 Å². The third kappa shape index (κ3) is 3.28. The van der Waals surface area contributed by atoms with Gasteiger partial charge in [-0.2, -0.15) is 0 Å². The number of nitrogens with zero attached hydrogens (tertiary/aromatic N) is 1. The Morgan fingerprint density at radius 3 is 2.67 bits per heavy atom. The molecule has 0 bridgehead atoms. The summed E-state index contributed by atoms with van der Waals surface area (Å²) in [6, 6.07) is 8.29. The van der Waals surface area contributed by atoms with Gasteiger partial charge in [-0.1, -0.05) is 18.2 Å². The molecule has 0 spiro atoms. The van der Waals surface area contributed by atoms with Gasteiger partial charge in [0.15, 0.2) is 0 Å². The number of para-hydroxylation sites is 1. The van der Waals surface area contributed by atoms with E-state index >= 15 is 0 Å². The van der Waals surface area contributed by atoms with Crippen LogP contribution in [0.3, 0.4) is 0 Å². The van der Waals surface area contributed by atoms with Crippen LogP contribution in [-0.4, -0.2) is 40.0 Å². The third-order valence-corrected chi connectivity index (χ3v) is 3.25. The Kier molecular flexibility index (Phi) is 4.37. The minimum absolute atomic E-state index is 0.117. The number of aromatic nitrogens is 1. The van der Waals surface area contributed by atoms with E-state index in [0.717, 1.165) is 0 Å². The van der Waals surface area contributed by atoms with Crippen LogP contribution in [0.5, 0.6) is 0 Å². The Balaban J connectivity index is 2.42. The van der Waals surface area contributed by atoms with Crippen molar-refractivity contribution in [3.8, 4) is 0 Å². The van der Waals surface area contributed by atoms with Gasteiger partial charge in [0.05, 0.1) is 12.0 Å². The fourth-order valence-electron chi connectivity index (χ4n) is 2.19. The fraction of sp³-hybridized carbons (Fsp3) is 0.267. The normalized spacial score (nSPS) is 10.5. The number of carboxylic acids is 1. The number of benzene rings is 1. The second-order valence-electron chi connectivity index (χ2n) is 4.62. The predicted octanol–water partition coefficient (Wildman–Crippen LogP) is 1.46. The van der Waals surface area contributed by atoms with Gasteiger partial charge in [0.1, 0.15) is 0 Å². The van der Waals surface area contributed by atoms with Gasteiger partial charge in [0, 0.05) is 30.1 Å². The van der Waals surface area contributed by atoms with Gasteiger partial charge in [-0.05, 0) is 13.0 Å². The Bertz CT molecular complexity index is 736. The Hall–Kier alpha value is -2.63. The number of carbonyl (C=O) groups is 2. The lowest BCUT2D eigenvalue weighted by molar-refractivity contribution is -0.137. The van der Waals surface area contributed by atoms with E-state index < -0.39 is 5.97 Å². The van der Waals surface area contributed by atoms with Gasteiger partial charge >= 0.3 is 5.97 Å². The van der Waals surface area contributed by atoms with Crippen LogP contribution in [0.25, 0.3) is 10.9 Å². The zero-order chi connectivity index (χ0) is 15.4. The van der Waals surface area contributed by atoms with E-state index in [1.165, 1.54) is 11.0 Å². The number of pyridine rings is 1. The highest BCUT2D eigenvalue weighted by atomic mass is 16.4. The molecular weight excluding hydrogens is 272 g/mol. The first-order chi connectivity index (χ1) is 10.0. The molecule has 0 aliphatic carbocycles. The van der Waals surface area contributed by atoms with E-state index in [9.17, 15) is 14.4 Å². The smallest absolute Gasteiger partial charge is 0.305 e. The highest BCUT2D eigenvalue weighted by molar-refractivity contribution is 6.06. The van der Waals surface area contributed by atoms with Crippen molar-refractivity contribution in [3.63, 3.8) is 0 Å². The summed E-state index contributed by atoms with van der Waals surface area (Å²) in [6.45, 7) is 2.27. The van der Waals surface area contributed by atoms with Crippen LogP contribution in [0.2, 0.25) is 0 Å². The standard InChI is InChI=1S/C15H16N2O4/c1-2-17(8-7-14(19)20)15(21)11-9-13(18)16-12-6-4-3-5-10(11)12/h3-6,9H,2,7-8H2,1H3,(H,16,18)(H,19,20). The molecule has 0 atom stereocenters. The molecule has 0 radical (unpaired) electrons. The topological polar surface area (TPSA) is 90.5 Å². The fourth-order valence-corrected chi connectivity index (χ4v) is 2.19. The van der Waals surface area contributed by atoms with Gasteiger partial charge in [-0.25, -0.2) is 0 Å². The molecule has 2 aromatic rings. The lowest BCUT2D eigenvalue weighted by Crippen LogP contribution is -2.33. The second-order valence-corrected chi connectivity index (χ2v) is 4.62. The van der Waals surface area contributed by atoms with Crippen LogP contribution < -0.4 is 5.56 Å². The summed E-state index contributed by atoms with van der Waals surface area (Å²) in [4.78, 5) is 39.0. The van der Waals surface area contributed by atoms with Crippen molar-refractivity contribution in [2.45, 2.75) is 13.3 Å². The van der Waals surface area contributed by atoms with E-state index in [1.54, 1.807) is 31.2 Å². The zero-order valence-electron chi connectivity index (χ0n) is 11.6. The molecule has 1 aromatic carbocycles. The minimum atomic E-state index is -0.961. The monoisotopic (exact) mass is 288 g/mol. The lowest BCUT2D eigenvalue weighted by atomic mass is 10.1. The molecule has 2 N–H and O–H groups in total. The molecule has 0 unspecified atom stereocenters. The first kappa shape index (κ1) is 14.8. The van der Waals surface area contributed by atoms with Crippen LogP contribution in [0, 0.1) is 0 Å². The summed E-state index contributed by atoms with van der Waals surface area (Å²) in [5, 5.41) is 9.38. The van der Waals surface area contributed by atoms with Crippen LogP contribution in [0.1, 0.15) is 23.7 Å². The maximum absolute atomic E-state index is 12.5. The van der Waals surface area contributed by atoms with Crippen LogP contribution >= 0.6 is 0 Å². The number of carboxylic acid groups (broad SMARTS) is 1. The third-order valence-electron chi connectivity index (χ3n) is 3.25. The van der Waals surface area contributed by atoms with Crippen molar-refractivity contribution in [2.24, 2.45) is 0 Å². The Labute approximate surface area is 121 Å². The number of amides is 1. The Morgan fingerprint density at radius 1 is 1.29 bits per heavy atom. The number of aliphatic carboxylic acids is 1. The SMILES string of the molecule is CCN(CCC(=O)O)C(=O)c1cc(=O)[nH]c2ccccc12. The van der Waals surface area contributed by atoms with E-state index in [0.29, 0.717) is 23.0 Å². The van der Waals surface area contributed by atoms with Gasteiger partial charge in [0.25, 0.3) is 5.91 Å². The molecule has 1 heterocycles. The Morgan fingerprint density at radius 2 is 2.00 bits per heavy atom. The second kappa shape index (κ2) is 6.21. The number of rotatable bonds is 5. The molecule has 21 heavy (non-hydrogen) atoms. The molecule has 1 amide bonds. The van der Waals surface area contributed by atoms with Gasteiger partial charge < -0.3 is 15.0 Å². The summed E-state index contributed by atoms with van der Waals surface area (Å²) in [5.74, 6) is -1.29. The molecular formula is C15H16N2O4. The number of aromatic amines is 1. The number of fused-ring (bicyclic) bond motifs is 1. The largest absolute Gasteiger partial charge is 0.481 e. The number of carbonyl (C=O) groups excluding carboxylic acids is 1. The lowest BCUT2D eigenvalue weighted by Gasteiger charge is -2.20. The molecule has 0 aliphatic rings. The quantitative estimate of drug-likeness (QED) is 0.871. The molecule has 6 nitrogen and oxygen atoms in total. The highest BCUT2D eigenvalue weighted by Crippen LogP contribution is 2.16. The van der Waals surface area contributed by atoms with Crippen molar-refractivity contribution >= 4 is 22.8 Å². The van der Waals surface area contributed by atoms with Crippen molar-refractivity contribution < 1.29 is 14.7 Å². The average molecular weight is 288 g/mol. The van der Waals surface area contributed by atoms with Gasteiger partial charge in [-0.3, -0.25) is 14.4 Å². The maximum Gasteiger partial charge on any atom is 0.305 e. The number of nitrogens with one attached hydrogen (secondary N) is 1. The van der Waals surface area contributed by atoms with Crippen molar-refractivity contribution in [3.05, 3.63) is 46.2 Å². The molecule has 0 fully saturated rings. The molecule has 6 heteroatoms. The summed E-state index contributed by atoms with van der Waals surface area (Å²) >= 11 is 0. The van der Waals surface area contributed by atoms with Gasteiger partial charge in [0.2, 0.25) is 5.56 Å². The summed E-state index contributed by atoms with van der Waals surface area (Å²) < 4.78 is 0. The highest BCUT2D eigenvalue weighted by Gasteiger charge is 2.18. The number of hydrogen-bond acceptors (Lipinski definition) is 3. The van der Waals surface area contributed by atoms with Crippen LogP contribution in [0.15, 0.2) is 35.1 Å². The molecule has 2 rings (SSSR count). The molecule has 110 valence electrons. The van der Waals surface area contributed by atoms with Crippen LogP contribution in [-0.2, 0) is 4.79 Å². The van der Waals surface area contributed by atoms with Gasteiger partial charge in [-0.15, -0.1) is 0 Å². The predicted molar refractivity (Wildman–Crippen MR) is 78.4 cm³/mol. The molecule has 0 saturated carbocycles. The van der Waals surface area contributed by atoms with E-state index in [-0.39, 0.29) is 24.4 Å². The first-order valence-electron chi connectivity index (χ1n) is 6.66. The summed E-state index contributed by atoms with van der Waals surface area (Å²) in [6.07, 6.45) is -0.124. The number of hydrogen-bond donors (Lipinski definition) is 2. The van der Waals surface area contributed by atoms with E-state index in [2.05, 4.69) is 4.98 Å². The number of H-pyrrole nitrogens is 1.